The zero-order valence-corrected chi connectivity index (χ0v) is 9.44. The molecule has 1 aliphatic rings. The maximum atomic E-state index is 11.3. The molecule has 1 unspecified atom stereocenters. The van der Waals surface area contributed by atoms with Crippen LogP contribution in [0.25, 0.3) is 0 Å². The highest BCUT2D eigenvalue weighted by Crippen LogP contribution is 2.32. The summed E-state index contributed by atoms with van der Waals surface area (Å²) < 4.78 is 0. The molecule has 1 aliphatic heterocycles. The van der Waals surface area contributed by atoms with Crippen molar-refractivity contribution in [3.05, 3.63) is 24.3 Å². The van der Waals surface area contributed by atoms with Gasteiger partial charge in [0.05, 0.1) is 5.41 Å². The van der Waals surface area contributed by atoms with Gasteiger partial charge in [-0.1, -0.05) is 0 Å². The summed E-state index contributed by atoms with van der Waals surface area (Å²) in [5, 5.41) is 0. The zero-order chi connectivity index (χ0) is 11.8. The number of carbonyl (C=O) groups excluding carboxylic acids is 1. The first-order valence-electron chi connectivity index (χ1n) is 5.42. The summed E-state index contributed by atoms with van der Waals surface area (Å²) >= 11 is 0. The molecule has 1 saturated heterocycles. The molecule has 1 aromatic carbocycles. The van der Waals surface area contributed by atoms with E-state index in [0.717, 1.165) is 24.3 Å². The lowest BCUT2D eigenvalue weighted by Crippen LogP contribution is -2.37. The molecule has 0 aliphatic carbocycles. The van der Waals surface area contributed by atoms with Crippen LogP contribution in [0.2, 0.25) is 0 Å². The van der Waals surface area contributed by atoms with Crippen LogP contribution in [0.5, 0.6) is 0 Å². The van der Waals surface area contributed by atoms with E-state index in [4.69, 9.17) is 11.5 Å². The van der Waals surface area contributed by atoms with Crippen LogP contribution in [0.3, 0.4) is 0 Å². The minimum absolute atomic E-state index is 0.217. The van der Waals surface area contributed by atoms with Gasteiger partial charge in [0.15, 0.2) is 0 Å². The molecule has 0 bridgehead atoms. The molecule has 0 radical (unpaired) electrons. The predicted octanol–water partition coefficient (Wildman–Crippen LogP) is 0.970. The van der Waals surface area contributed by atoms with Crippen molar-refractivity contribution in [2.24, 2.45) is 11.1 Å². The van der Waals surface area contributed by atoms with E-state index in [1.807, 2.05) is 31.2 Å². The van der Waals surface area contributed by atoms with Gasteiger partial charge in [-0.05, 0) is 37.6 Å². The fourth-order valence-electron chi connectivity index (χ4n) is 2.07. The summed E-state index contributed by atoms with van der Waals surface area (Å²) in [6.07, 6.45) is 0.812. The molecular formula is C12H17N3O. The van der Waals surface area contributed by atoms with Crippen molar-refractivity contribution in [2.45, 2.75) is 13.3 Å². The van der Waals surface area contributed by atoms with Gasteiger partial charge in [-0.15, -0.1) is 0 Å². The van der Waals surface area contributed by atoms with Crippen LogP contribution in [0.1, 0.15) is 13.3 Å². The zero-order valence-electron chi connectivity index (χ0n) is 9.44. The fraction of sp³-hybridized carbons (Fsp3) is 0.417. The van der Waals surface area contributed by atoms with Crippen LogP contribution < -0.4 is 16.4 Å². The van der Waals surface area contributed by atoms with Crippen LogP contribution in [0, 0.1) is 5.41 Å². The molecule has 1 amide bonds. The number of rotatable bonds is 2. The SMILES string of the molecule is CC1(C(N)=O)CCN(c2ccc(N)cc2)C1. The molecule has 0 aromatic heterocycles. The van der Waals surface area contributed by atoms with E-state index in [0.29, 0.717) is 6.54 Å². The minimum atomic E-state index is -0.401. The molecule has 1 atom stereocenters. The van der Waals surface area contributed by atoms with Gasteiger partial charge in [0, 0.05) is 24.5 Å². The monoisotopic (exact) mass is 219 g/mol. The quantitative estimate of drug-likeness (QED) is 0.728. The van der Waals surface area contributed by atoms with Gasteiger partial charge in [0.1, 0.15) is 0 Å². The Kier molecular flexibility index (Phi) is 2.50. The summed E-state index contributed by atoms with van der Waals surface area (Å²) in [4.78, 5) is 13.5. The third kappa shape index (κ3) is 1.83. The summed E-state index contributed by atoms with van der Waals surface area (Å²) in [5.41, 5.74) is 12.5. The Hall–Kier alpha value is -1.71. The lowest BCUT2D eigenvalue weighted by molar-refractivity contribution is -0.125. The van der Waals surface area contributed by atoms with Crippen LogP contribution >= 0.6 is 0 Å². The molecule has 4 N–H and O–H groups in total. The van der Waals surface area contributed by atoms with Gasteiger partial charge < -0.3 is 16.4 Å². The van der Waals surface area contributed by atoms with Crippen LogP contribution in [0.4, 0.5) is 11.4 Å². The molecule has 1 heterocycles. The molecule has 4 heteroatoms. The van der Waals surface area contributed by atoms with Crippen molar-refractivity contribution in [1.29, 1.82) is 0 Å². The molecular weight excluding hydrogens is 202 g/mol. The highest BCUT2D eigenvalue weighted by Gasteiger charge is 2.38. The lowest BCUT2D eigenvalue weighted by atomic mass is 9.89. The third-order valence-electron chi connectivity index (χ3n) is 3.33. The van der Waals surface area contributed by atoms with Gasteiger partial charge in [0.25, 0.3) is 0 Å². The number of amides is 1. The summed E-state index contributed by atoms with van der Waals surface area (Å²) in [6, 6.07) is 7.69. The second-order valence-corrected chi connectivity index (χ2v) is 4.69. The van der Waals surface area contributed by atoms with Crippen LogP contribution in [0.15, 0.2) is 24.3 Å². The first-order chi connectivity index (χ1) is 7.51. The Morgan fingerprint density at radius 1 is 1.38 bits per heavy atom. The molecule has 0 saturated carbocycles. The molecule has 1 fully saturated rings. The van der Waals surface area contributed by atoms with E-state index in [1.54, 1.807) is 0 Å². The standard InChI is InChI=1S/C12H17N3O/c1-12(11(14)16)6-7-15(8-12)10-4-2-9(13)3-5-10/h2-5H,6-8,13H2,1H3,(H2,14,16). The van der Waals surface area contributed by atoms with Crippen LogP contribution in [-0.2, 0) is 4.79 Å². The van der Waals surface area contributed by atoms with Gasteiger partial charge in [0.2, 0.25) is 5.91 Å². The van der Waals surface area contributed by atoms with E-state index >= 15 is 0 Å². The topological polar surface area (TPSA) is 72.4 Å². The highest BCUT2D eigenvalue weighted by molar-refractivity contribution is 5.82. The van der Waals surface area contributed by atoms with E-state index < -0.39 is 5.41 Å². The van der Waals surface area contributed by atoms with Crippen molar-refractivity contribution in [3.8, 4) is 0 Å². The average molecular weight is 219 g/mol. The molecule has 2 rings (SSSR count). The molecule has 4 nitrogen and oxygen atoms in total. The number of benzene rings is 1. The normalized spacial score (nSPS) is 24.7. The van der Waals surface area contributed by atoms with Crippen molar-refractivity contribution in [1.82, 2.24) is 0 Å². The first kappa shape index (κ1) is 10.8. The second-order valence-electron chi connectivity index (χ2n) is 4.69. The number of carbonyl (C=O) groups is 1. The third-order valence-corrected chi connectivity index (χ3v) is 3.33. The number of hydrogen-bond acceptors (Lipinski definition) is 3. The molecule has 86 valence electrons. The number of primary amides is 1. The van der Waals surface area contributed by atoms with Crippen LogP contribution in [-0.4, -0.2) is 19.0 Å². The second kappa shape index (κ2) is 3.70. The van der Waals surface area contributed by atoms with Crippen molar-refractivity contribution in [2.75, 3.05) is 23.7 Å². The molecule has 16 heavy (non-hydrogen) atoms. The van der Waals surface area contributed by atoms with Crippen molar-refractivity contribution >= 4 is 17.3 Å². The van der Waals surface area contributed by atoms with Gasteiger partial charge >= 0.3 is 0 Å². The molecule has 1 aromatic rings. The van der Waals surface area contributed by atoms with E-state index in [2.05, 4.69) is 4.90 Å². The number of anilines is 2. The maximum Gasteiger partial charge on any atom is 0.225 e. The smallest absolute Gasteiger partial charge is 0.225 e. The Labute approximate surface area is 95.2 Å². The largest absolute Gasteiger partial charge is 0.399 e. The Balaban J connectivity index is 2.15. The summed E-state index contributed by atoms with van der Waals surface area (Å²) in [6.45, 7) is 3.47. The average Bonchev–Trinajstić information content (AvgIpc) is 2.63. The van der Waals surface area contributed by atoms with Gasteiger partial charge in [-0.25, -0.2) is 0 Å². The fourth-order valence-corrected chi connectivity index (χ4v) is 2.07. The first-order valence-corrected chi connectivity index (χ1v) is 5.42. The number of nitrogens with two attached hydrogens (primary N) is 2. The summed E-state index contributed by atoms with van der Waals surface area (Å²) in [5.74, 6) is -0.217. The Bertz CT molecular complexity index is 401. The van der Waals surface area contributed by atoms with E-state index in [9.17, 15) is 4.79 Å². The summed E-state index contributed by atoms with van der Waals surface area (Å²) in [7, 11) is 0. The Morgan fingerprint density at radius 3 is 2.50 bits per heavy atom. The lowest BCUT2D eigenvalue weighted by Gasteiger charge is -2.22. The minimum Gasteiger partial charge on any atom is -0.399 e. The van der Waals surface area contributed by atoms with E-state index in [1.165, 1.54) is 0 Å². The maximum absolute atomic E-state index is 11.3. The van der Waals surface area contributed by atoms with Gasteiger partial charge in [-0.2, -0.15) is 0 Å². The van der Waals surface area contributed by atoms with E-state index in [-0.39, 0.29) is 5.91 Å². The van der Waals surface area contributed by atoms with Crippen molar-refractivity contribution in [3.63, 3.8) is 0 Å². The number of nitrogen functional groups attached to an aromatic ring is 1. The predicted molar refractivity (Wildman–Crippen MR) is 65.0 cm³/mol. The van der Waals surface area contributed by atoms with Crippen molar-refractivity contribution < 1.29 is 4.79 Å². The van der Waals surface area contributed by atoms with Gasteiger partial charge in [-0.3, -0.25) is 4.79 Å². The molecule has 0 spiro atoms. The number of nitrogens with zero attached hydrogens (tertiary/aromatic N) is 1. The number of hydrogen-bond donors (Lipinski definition) is 2. The Morgan fingerprint density at radius 2 is 2.00 bits per heavy atom. The highest BCUT2D eigenvalue weighted by atomic mass is 16.1.